The number of nitrogens with one attached hydrogen (secondary N) is 1. The Labute approximate surface area is 106 Å². The van der Waals surface area contributed by atoms with Gasteiger partial charge < -0.3 is 15.0 Å². The third kappa shape index (κ3) is 2.22. The molecule has 0 bridgehead atoms. The van der Waals surface area contributed by atoms with Gasteiger partial charge in [-0.3, -0.25) is 4.79 Å². The molecule has 0 aliphatic rings. The summed E-state index contributed by atoms with van der Waals surface area (Å²) >= 11 is 0. The Morgan fingerprint density at radius 2 is 1.94 bits per heavy atom. The Kier molecular flexibility index (Phi) is 3.10. The van der Waals surface area contributed by atoms with Gasteiger partial charge in [-0.1, -0.05) is 0 Å². The Morgan fingerprint density at radius 1 is 1.22 bits per heavy atom. The van der Waals surface area contributed by atoms with Crippen molar-refractivity contribution in [2.24, 2.45) is 7.05 Å². The van der Waals surface area contributed by atoms with Crippen molar-refractivity contribution in [2.45, 2.75) is 13.8 Å². The van der Waals surface area contributed by atoms with Crippen LogP contribution in [0.4, 0.5) is 5.69 Å². The number of carbonyl (C=O) groups is 1. The molecule has 4 nitrogen and oxygen atoms in total. The van der Waals surface area contributed by atoms with E-state index in [9.17, 15) is 9.90 Å². The van der Waals surface area contributed by atoms with E-state index in [0.717, 1.165) is 11.3 Å². The molecule has 0 aliphatic heterocycles. The summed E-state index contributed by atoms with van der Waals surface area (Å²) in [5.74, 6) is 0.0680. The van der Waals surface area contributed by atoms with Crippen LogP contribution >= 0.6 is 0 Å². The van der Waals surface area contributed by atoms with E-state index < -0.39 is 0 Å². The number of carbonyl (C=O) groups excluding carboxylic acids is 1. The lowest BCUT2D eigenvalue weighted by atomic mass is 10.2. The van der Waals surface area contributed by atoms with Gasteiger partial charge >= 0.3 is 0 Å². The highest BCUT2D eigenvalue weighted by atomic mass is 16.3. The number of anilines is 1. The molecule has 0 spiro atoms. The first kappa shape index (κ1) is 12.2. The Balaban J connectivity index is 2.21. The number of hydrogen-bond donors (Lipinski definition) is 2. The molecular formula is C14H16N2O2. The molecule has 2 N–H and O–H groups in total. The zero-order valence-electron chi connectivity index (χ0n) is 10.7. The second-order valence-corrected chi connectivity index (χ2v) is 4.37. The molecule has 1 heterocycles. The largest absolute Gasteiger partial charge is 0.508 e. The smallest absolute Gasteiger partial charge is 0.272 e. The molecule has 0 fully saturated rings. The van der Waals surface area contributed by atoms with Crippen LogP contribution in [0.5, 0.6) is 5.75 Å². The summed E-state index contributed by atoms with van der Waals surface area (Å²) in [5, 5.41) is 12.2. The Morgan fingerprint density at radius 3 is 2.50 bits per heavy atom. The summed E-state index contributed by atoms with van der Waals surface area (Å²) in [7, 11) is 1.85. The quantitative estimate of drug-likeness (QED) is 0.798. The zero-order chi connectivity index (χ0) is 13.3. The first-order chi connectivity index (χ1) is 8.49. The molecule has 1 aromatic heterocycles. The number of nitrogens with zero attached hydrogens (tertiary/aromatic N) is 1. The first-order valence-electron chi connectivity index (χ1n) is 5.72. The van der Waals surface area contributed by atoms with Gasteiger partial charge in [-0.15, -0.1) is 0 Å². The third-order valence-corrected chi connectivity index (χ3v) is 3.06. The highest BCUT2D eigenvalue weighted by Gasteiger charge is 2.11. The SMILES string of the molecule is Cc1cc(NC(=O)c2ccc(C)n2C)ccc1O. The monoisotopic (exact) mass is 244 g/mol. The van der Waals surface area contributed by atoms with Crippen LogP contribution in [0.3, 0.4) is 0 Å². The molecule has 0 saturated carbocycles. The van der Waals surface area contributed by atoms with Crippen molar-refractivity contribution in [3.05, 3.63) is 47.3 Å². The van der Waals surface area contributed by atoms with Crippen molar-refractivity contribution >= 4 is 11.6 Å². The second-order valence-electron chi connectivity index (χ2n) is 4.37. The number of phenols is 1. The van der Waals surface area contributed by atoms with Crippen LogP contribution in [0.2, 0.25) is 0 Å². The molecule has 1 aromatic carbocycles. The minimum atomic E-state index is -0.157. The fourth-order valence-electron chi connectivity index (χ4n) is 1.77. The van der Waals surface area contributed by atoms with Crippen molar-refractivity contribution in [2.75, 3.05) is 5.32 Å². The van der Waals surface area contributed by atoms with E-state index in [-0.39, 0.29) is 11.7 Å². The number of phenolic OH excluding ortho intramolecular Hbond substituents is 1. The van der Waals surface area contributed by atoms with Crippen LogP contribution in [-0.4, -0.2) is 15.6 Å². The average Bonchev–Trinajstić information content (AvgIpc) is 2.65. The van der Waals surface area contributed by atoms with Crippen LogP contribution in [-0.2, 0) is 7.05 Å². The second kappa shape index (κ2) is 4.56. The molecule has 2 rings (SSSR count). The van der Waals surface area contributed by atoms with Crippen molar-refractivity contribution in [3.63, 3.8) is 0 Å². The summed E-state index contributed by atoms with van der Waals surface area (Å²) in [4.78, 5) is 12.1. The van der Waals surface area contributed by atoms with Gasteiger partial charge in [0.15, 0.2) is 0 Å². The lowest BCUT2D eigenvalue weighted by molar-refractivity contribution is 0.101. The molecule has 0 radical (unpaired) electrons. The zero-order valence-corrected chi connectivity index (χ0v) is 10.7. The summed E-state index contributed by atoms with van der Waals surface area (Å²) in [6.07, 6.45) is 0. The van der Waals surface area contributed by atoms with Crippen LogP contribution in [0.1, 0.15) is 21.7 Å². The van der Waals surface area contributed by atoms with E-state index in [1.807, 2.05) is 24.6 Å². The summed E-state index contributed by atoms with van der Waals surface area (Å²) in [5.41, 5.74) is 3.05. The minimum absolute atomic E-state index is 0.157. The van der Waals surface area contributed by atoms with Gasteiger partial charge in [-0.2, -0.15) is 0 Å². The summed E-state index contributed by atoms with van der Waals surface area (Å²) < 4.78 is 1.84. The van der Waals surface area contributed by atoms with Crippen molar-refractivity contribution in [1.29, 1.82) is 0 Å². The highest BCUT2D eigenvalue weighted by molar-refractivity contribution is 6.03. The standard InChI is InChI=1S/C14H16N2O2/c1-9-8-11(5-7-13(9)17)15-14(18)12-6-4-10(2)16(12)3/h4-8,17H,1-3H3,(H,15,18). The summed E-state index contributed by atoms with van der Waals surface area (Å²) in [6.45, 7) is 3.74. The van der Waals surface area contributed by atoms with E-state index >= 15 is 0 Å². The predicted octanol–water partition coefficient (Wildman–Crippen LogP) is 2.60. The fraction of sp³-hybridized carbons (Fsp3) is 0.214. The number of aryl methyl sites for hydroxylation is 2. The molecule has 0 aliphatic carbocycles. The minimum Gasteiger partial charge on any atom is -0.508 e. The molecule has 0 unspecified atom stereocenters. The van der Waals surface area contributed by atoms with Crippen LogP contribution in [0.15, 0.2) is 30.3 Å². The van der Waals surface area contributed by atoms with Gasteiger partial charge in [0.25, 0.3) is 5.91 Å². The lowest BCUT2D eigenvalue weighted by Crippen LogP contribution is -2.16. The predicted molar refractivity (Wildman–Crippen MR) is 70.9 cm³/mol. The average molecular weight is 244 g/mol. The van der Waals surface area contributed by atoms with Gasteiger partial charge in [0.2, 0.25) is 0 Å². The van der Waals surface area contributed by atoms with Crippen molar-refractivity contribution in [3.8, 4) is 5.75 Å². The number of aromatic hydroxyl groups is 1. The van der Waals surface area contributed by atoms with Crippen molar-refractivity contribution < 1.29 is 9.90 Å². The molecule has 94 valence electrons. The highest BCUT2D eigenvalue weighted by Crippen LogP contribution is 2.20. The van der Waals surface area contributed by atoms with E-state index in [1.54, 1.807) is 31.2 Å². The molecule has 2 aromatic rings. The van der Waals surface area contributed by atoms with Gasteiger partial charge in [0, 0.05) is 18.4 Å². The Bertz CT molecular complexity index is 600. The molecule has 1 amide bonds. The molecular weight excluding hydrogens is 228 g/mol. The molecule has 0 atom stereocenters. The van der Waals surface area contributed by atoms with Gasteiger partial charge in [0.1, 0.15) is 11.4 Å². The normalized spacial score (nSPS) is 10.4. The maximum atomic E-state index is 12.1. The molecule has 0 saturated heterocycles. The number of rotatable bonds is 2. The van der Waals surface area contributed by atoms with Gasteiger partial charge in [-0.25, -0.2) is 0 Å². The molecule has 18 heavy (non-hydrogen) atoms. The van der Waals surface area contributed by atoms with Crippen LogP contribution in [0.25, 0.3) is 0 Å². The van der Waals surface area contributed by atoms with E-state index in [4.69, 9.17) is 0 Å². The number of aromatic nitrogens is 1. The topological polar surface area (TPSA) is 54.3 Å². The third-order valence-electron chi connectivity index (χ3n) is 3.06. The number of amides is 1. The van der Waals surface area contributed by atoms with Gasteiger partial charge in [-0.05, 0) is 49.7 Å². The van der Waals surface area contributed by atoms with E-state index in [1.165, 1.54) is 0 Å². The molecule has 4 heteroatoms. The number of hydrogen-bond acceptors (Lipinski definition) is 2. The van der Waals surface area contributed by atoms with Crippen molar-refractivity contribution in [1.82, 2.24) is 4.57 Å². The van der Waals surface area contributed by atoms with E-state index in [2.05, 4.69) is 5.32 Å². The maximum absolute atomic E-state index is 12.1. The fourth-order valence-corrected chi connectivity index (χ4v) is 1.77. The lowest BCUT2D eigenvalue weighted by Gasteiger charge is -2.08. The Hall–Kier alpha value is -2.23. The maximum Gasteiger partial charge on any atom is 0.272 e. The van der Waals surface area contributed by atoms with Crippen LogP contribution in [0, 0.1) is 13.8 Å². The van der Waals surface area contributed by atoms with E-state index in [0.29, 0.717) is 11.4 Å². The number of benzene rings is 1. The van der Waals surface area contributed by atoms with Crippen LogP contribution < -0.4 is 5.32 Å². The summed E-state index contributed by atoms with van der Waals surface area (Å²) in [6, 6.07) is 8.68. The first-order valence-corrected chi connectivity index (χ1v) is 5.72. The van der Waals surface area contributed by atoms with Gasteiger partial charge in [0.05, 0.1) is 0 Å².